The first-order valence-electron chi connectivity index (χ1n) is 10.7. The topological polar surface area (TPSA) is 105 Å². The summed E-state index contributed by atoms with van der Waals surface area (Å²) in [7, 11) is -4.55. The maximum absolute atomic E-state index is 14.5. The number of hydrogen-bond acceptors (Lipinski definition) is 6. The Morgan fingerprint density at radius 2 is 1.92 bits per heavy atom. The van der Waals surface area contributed by atoms with Gasteiger partial charge in [-0.2, -0.15) is 23.2 Å². The Morgan fingerprint density at radius 1 is 1.22 bits per heavy atom. The number of fused-ring (bicyclic) bond motifs is 1. The molecule has 0 radical (unpaired) electrons. The molecule has 4 aromatic rings. The molecule has 1 atom stereocenters. The molecule has 1 unspecified atom stereocenters. The number of sulfonamides is 1. The summed E-state index contributed by atoms with van der Waals surface area (Å²) in [5, 5.41) is 10.8. The standard InChI is InChI=1S/C24H18F4N4O3S2/c1-12-8-20-16(9-18(12)25)17(10-29)23(32(20)22-7-6-21(36-22)13(2)33)19-5-4-15(11-30-19)37(34,35)31-14(3)24(26,27)28/h4-9,11,14,31H,1-3H3. The molecule has 0 spiro atoms. The first-order chi connectivity index (χ1) is 17.2. The number of nitrogens with zero attached hydrogens (tertiary/aromatic N) is 3. The third-order valence-electron chi connectivity index (χ3n) is 5.63. The zero-order valence-electron chi connectivity index (χ0n) is 19.5. The molecule has 3 heterocycles. The number of carbonyl (C=O) groups excluding carboxylic acids is 1. The van der Waals surface area contributed by atoms with Gasteiger partial charge in [0, 0.05) is 11.6 Å². The second kappa shape index (κ2) is 9.37. The summed E-state index contributed by atoms with van der Waals surface area (Å²) in [6.07, 6.45) is -3.90. The number of Topliss-reactive ketones (excluding diaryl/α,β-unsaturated/α-hetero) is 1. The van der Waals surface area contributed by atoms with Crippen molar-refractivity contribution in [2.75, 3.05) is 0 Å². The van der Waals surface area contributed by atoms with Gasteiger partial charge in [-0.15, -0.1) is 11.3 Å². The summed E-state index contributed by atoms with van der Waals surface area (Å²) in [4.78, 5) is 16.0. The van der Waals surface area contributed by atoms with Gasteiger partial charge in [0.05, 0.1) is 27.3 Å². The lowest BCUT2D eigenvalue weighted by Gasteiger charge is -2.17. The molecule has 0 saturated carbocycles. The number of aryl methyl sites for hydroxylation is 1. The number of ketones is 1. The van der Waals surface area contributed by atoms with Crippen LogP contribution in [0.2, 0.25) is 0 Å². The Kier molecular flexibility index (Phi) is 6.70. The van der Waals surface area contributed by atoms with E-state index < -0.39 is 33.0 Å². The van der Waals surface area contributed by atoms with Crippen LogP contribution in [0, 0.1) is 24.1 Å². The van der Waals surface area contributed by atoms with Crippen molar-refractivity contribution in [2.24, 2.45) is 0 Å². The molecule has 1 aromatic carbocycles. The minimum absolute atomic E-state index is 0.0543. The van der Waals surface area contributed by atoms with Crippen LogP contribution >= 0.6 is 11.3 Å². The molecule has 192 valence electrons. The third-order valence-corrected chi connectivity index (χ3v) is 8.33. The number of thiophene rings is 1. The summed E-state index contributed by atoms with van der Waals surface area (Å²) in [5.74, 6) is -0.715. The van der Waals surface area contributed by atoms with E-state index in [-0.39, 0.29) is 28.1 Å². The smallest absolute Gasteiger partial charge is 0.298 e. The minimum atomic E-state index is -4.78. The van der Waals surface area contributed by atoms with Crippen LogP contribution in [0.15, 0.2) is 47.5 Å². The van der Waals surface area contributed by atoms with Gasteiger partial charge in [-0.25, -0.2) is 12.8 Å². The van der Waals surface area contributed by atoms with Crippen LogP contribution in [-0.2, 0) is 10.0 Å². The maximum atomic E-state index is 14.5. The first kappa shape index (κ1) is 26.5. The van der Waals surface area contributed by atoms with Crippen molar-refractivity contribution >= 4 is 38.0 Å². The number of benzene rings is 1. The molecule has 4 rings (SSSR count). The molecule has 37 heavy (non-hydrogen) atoms. The Bertz CT molecular complexity index is 1680. The highest BCUT2D eigenvalue weighted by atomic mass is 32.2. The Morgan fingerprint density at radius 3 is 2.46 bits per heavy atom. The lowest BCUT2D eigenvalue weighted by Crippen LogP contribution is -2.42. The van der Waals surface area contributed by atoms with E-state index in [1.165, 1.54) is 19.1 Å². The van der Waals surface area contributed by atoms with E-state index in [9.17, 15) is 36.0 Å². The number of aromatic nitrogens is 2. The lowest BCUT2D eigenvalue weighted by molar-refractivity contribution is -0.147. The monoisotopic (exact) mass is 550 g/mol. The van der Waals surface area contributed by atoms with Crippen molar-refractivity contribution in [2.45, 2.75) is 37.9 Å². The Hall–Kier alpha value is -3.60. The van der Waals surface area contributed by atoms with E-state index >= 15 is 0 Å². The van der Waals surface area contributed by atoms with Crippen molar-refractivity contribution in [1.82, 2.24) is 14.3 Å². The molecule has 13 heteroatoms. The summed E-state index contributed by atoms with van der Waals surface area (Å²) in [6, 6.07) is 8.07. The van der Waals surface area contributed by atoms with E-state index in [0.717, 1.165) is 23.6 Å². The quantitative estimate of drug-likeness (QED) is 0.252. The molecule has 0 amide bonds. The minimum Gasteiger partial charge on any atom is -0.298 e. The highest BCUT2D eigenvalue weighted by molar-refractivity contribution is 7.89. The van der Waals surface area contributed by atoms with Crippen molar-refractivity contribution in [3.63, 3.8) is 0 Å². The number of halogens is 4. The fraction of sp³-hybridized carbons (Fsp3) is 0.208. The molecule has 0 aliphatic rings. The highest BCUT2D eigenvalue weighted by Gasteiger charge is 2.39. The molecule has 0 aliphatic carbocycles. The van der Waals surface area contributed by atoms with Crippen LogP contribution in [0.5, 0.6) is 0 Å². The number of carbonyl (C=O) groups is 1. The maximum Gasteiger partial charge on any atom is 0.404 e. The van der Waals surface area contributed by atoms with Crippen LogP contribution in [0.4, 0.5) is 17.6 Å². The van der Waals surface area contributed by atoms with Crippen molar-refractivity contribution in [3.8, 4) is 22.5 Å². The zero-order valence-corrected chi connectivity index (χ0v) is 21.1. The number of hydrogen-bond donors (Lipinski definition) is 1. The molecule has 0 fully saturated rings. The number of pyridine rings is 1. The van der Waals surface area contributed by atoms with E-state index in [4.69, 9.17) is 0 Å². The number of rotatable bonds is 6. The van der Waals surface area contributed by atoms with Gasteiger partial charge in [-0.05, 0) is 62.7 Å². The molecule has 0 saturated heterocycles. The normalized spacial score (nSPS) is 13.0. The van der Waals surface area contributed by atoms with Gasteiger partial charge >= 0.3 is 6.18 Å². The molecule has 7 nitrogen and oxygen atoms in total. The molecular formula is C24H18F4N4O3S2. The van der Waals surface area contributed by atoms with Gasteiger partial charge in [-0.3, -0.25) is 14.3 Å². The summed E-state index contributed by atoms with van der Waals surface area (Å²) in [5.41, 5.74) is 1.15. The average Bonchev–Trinajstić information content (AvgIpc) is 3.41. The van der Waals surface area contributed by atoms with Gasteiger partial charge in [0.25, 0.3) is 0 Å². The zero-order chi connectivity index (χ0) is 27.3. The van der Waals surface area contributed by atoms with Crippen molar-refractivity contribution in [3.05, 3.63) is 64.4 Å². The molecular weight excluding hydrogens is 532 g/mol. The van der Waals surface area contributed by atoms with Crippen molar-refractivity contribution < 1.29 is 30.8 Å². The second-order valence-electron chi connectivity index (χ2n) is 8.25. The van der Waals surface area contributed by atoms with E-state index in [2.05, 4.69) is 4.98 Å². The van der Waals surface area contributed by atoms with Crippen molar-refractivity contribution in [1.29, 1.82) is 5.26 Å². The van der Waals surface area contributed by atoms with E-state index in [1.807, 2.05) is 6.07 Å². The Balaban J connectivity index is 1.92. The van der Waals surface area contributed by atoms with Crippen LogP contribution < -0.4 is 4.72 Å². The molecule has 0 bridgehead atoms. The highest BCUT2D eigenvalue weighted by Crippen LogP contribution is 2.38. The second-order valence-corrected chi connectivity index (χ2v) is 11.0. The van der Waals surface area contributed by atoms with Gasteiger partial charge in [-0.1, -0.05) is 0 Å². The predicted molar refractivity (Wildman–Crippen MR) is 130 cm³/mol. The van der Waals surface area contributed by atoms with Crippen LogP contribution in [-0.4, -0.2) is 36.0 Å². The average molecular weight is 551 g/mol. The van der Waals surface area contributed by atoms with E-state index in [0.29, 0.717) is 27.9 Å². The van der Waals surface area contributed by atoms with Gasteiger partial charge < -0.3 is 0 Å². The van der Waals surface area contributed by atoms with Gasteiger partial charge in [0.1, 0.15) is 27.8 Å². The number of nitrogens with one attached hydrogen (secondary N) is 1. The molecule has 0 aliphatic heterocycles. The third kappa shape index (κ3) is 4.87. The Labute approximate surface area is 213 Å². The predicted octanol–water partition coefficient (Wildman–Crippen LogP) is 5.50. The molecule has 3 aromatic heterocycles. The largest absolute Gasteiger partial charge is 0.404 e. The van der Waals surface area contributed by atoms with Crippen LogP contribution in [0.3, 0.4) is 0 Å². The number of nitriles is 1. The SMILES string of the molecule is CC(=O)c1ccc(-n2c(-c3ccc(S(=O)(=O)NC(C)C(F)(F)F)cn3)c(C#N)c3cc(F)c(C)cc32)s1. The van der Waals surface area contributed by atoms with Crippen LogP contribution in [0.25, 0.3) is 27.3 Å². The van der Waals surface area contributed by atoms with Gasteiger partial charge in [0.2, 0.25) is 10.0 Å². The summed E-state index contributed by atoms with van der Waals surface area (Å²) in [6.45, 7) is 3.63. The summed E-state index contributed by atoms with van der Waals surface area (Å²) < 4.78 is 81.1. The summed E-state index contributed by atoms with van der Waals surface area (Å²) >= 11 is 1.14. The first-order valence-corrected chi connectivity index (χ1v) is 13.0. The molecule has 1 N–H and O–H groups in total. The fourth-order valence-electron chi connectivity index (χ4n) is 3.68. The number of alkyl halides is 3. The van der Waals surface area contributed by atoms with Crippen LogP contribution in [0.1, 0.15) is 34.6 Å². The lowest BCUT2D eigenvalue weighted by atomic mass is 10.1. The van der Waals surface area contributed by atoms with Gasteiger partial charge in [0.15, 0.2) is 5.78 Å². The van der Waals surface area contributed by atoms with E-state index in [1.54, 1.807) is 34.4 Å². The fourth-order valence-corrected chi connectivity index (χ4v) is 5.78.